The SMILES string of the molecule is CCCCCCCCCCCCCCCC(=O)OC[C@H]1O[C@@H](n2ccc(=O)[nH]c2=O)[C@H](NC(=O)CCN)[C@@H]1O. The van der Waals surface area contributed by atoms with Gasteiger partial charge in [0.1, 0.15) is 24.9 Å². The summed E-state index contributed by atoms with van der Waals surface area (Å²) >= 11 is 0. The summed E-state index contributed by atoms with van der Waals surface area (Å²) in [5.74, 6) is -0.810. The van der Waals surface area contributed by atoms with E-state index >= 15 is 0 Å². The van der Waals surface area contributed by atoms with Crippen molar-refractivity contribution in [2.75, 3.05) is 13.2 Å². The first-order valence-electron chi connectivity index (χ1n) is 14.7. The summed E-state index contributed by atoms with van der Waals surface area (Å²) < 4.78 is 12.2. The first-order valence-corrected chi connectivity index (χ1v) is 14.7. The smallest absolute Gasteiger partial charge is 0.330 e. The van der Waals surface area contributed by atoms with Crippen molar-refractivity contribution in [1.82, 2.24) is 14.9 Å². The van der Waals surface area contributed by atoms with Crippen LogP contribution in [0.25, 0.3) is 0 Å². The third kappa shape index (κ3) is 12.0. The van der Waals surface area contributed by atoms with E-state index in [1.54, 1.807) is 0 Å². The molecule has 1 saturated heterocycles. The van der Waals surface area contributed by atoms with E-state index in [2.05, 4.69) is 17.2 Å². The standard InChI is InChI=1S/C28H48N4O7/c1-2-3-4-5-6-7-8-9-10-11-12-13-14-15-24(35)38-20-21-26(36)25(30-22(33)16-18-29)27(39-21)32-19-17-23(34)31-28(32)37/h17,19,21,25-27,36H,2-16,18,20,29H2,1H3,(H,30,33)(H,31,34,37)/t21-,25-,26-,27-/m1/s1. The van der Waals surface area contributed by atoms with E-state index < -0.39 is 41.6 Å². The number of hydrogen-bond donors (Lipinski definition) is 4. The van der Waals surface area contributed by atoms with E-state index in [4.69, 9.17) is 15.2 Å². The van der Waals surface area contributed by atoms with Crippen LogP contribution in [0.1, 0.15) is 109 Å². The second-order valence-corrected chi connectivity index (χ2v) is 10.4. The summed E-state index contributed by atoms with van der Waals surface area (Å²) in [4.78, 5) is 50.3. The zero-order valence-corrected chi connectivity index (χ0v) is 23.4. The van der Waals surface area contributed by atoms with Crippen molar-refractivity contribution >= 4 is 11.9 Å². The molecule has 0 unspecified atom stereocenters. The minimum atomic E-state index is -1.25. The van der Waals surface area contributed by atoms with Gasteiger partial charge in [-0.1, -0.05) is 84.0 Å². The van der Waals surface area contributed by atoms with Crippen molar-refractivity contribution in [3.05, 3.63) is 33.1 Å². The molecule has 2 rings (SSSR count). The van der Waals surface area contributed by atoms with E-state index in [0.717, 1.165) is 29.9 Å². The Labute approximate surface area is 230 Å². The molecule has 1 amide bonds. The number of aliphatic hydroxyl groups excluding tert-OH is 1. The number of aromatic amines is 1. The van der Waals surface area contributed by atoms with Crippen LogP contribution in [-0.2, 0) is 19.1 Å². The van der Waals surface area contributed by atoms with Crippen molar-refractivity contribution in [2.45, 2.75) is 128 Å². The van der Waals surface area contributed by atoms with Crippen molar-refractivity contribution in [1.29, 1.82) is 0 Å². The van der Waals surface area contributed by atoms with Gasteiger partial charge in [0.2, 0.25) is 5.91 Å². The predicted octanol–water partition coefficient (Wildman–Crippen LogP) is 2.65. The Hall–Kier alpha value is -2.50. The molecule has 1 aliphatic rings. The lowest BCUT2D eigenvalue weighted by Crippen LogP contribution is -2.49. The average Bonchev–Trinajstić information content (AvgIpc) is 3.20. The van der Waals surface area contributed by atoms with Gasteiger partial charge in [0.15, 0.2) is 6.23 Å². The van der Waals surface area contributed by atoms with Crippen molar-refractivity contribution in [2.24, 2.45) is 5.73 Å². The zero-order valence-electron chi connectivity index (χ0n) is 23.4. The summed E-state index contributed by atoms with van der Waals surface area (Å²) in [5.41, 5.74) is 4.10. The molecule has 0 radical (unpaired) electrons. The number of carbonyl (C=O) groups is 2. The zero-order chi connectivity index (χ0) is 28.5. The van der Waals surface area contributed by atoms with Crippen LogP contribution < -0.4 is 22.3 Å². The molecule has 0 spiro atoms. The fourth-order valence-electron chi connectivity index (χ4n) is 4.83. The summed E-state index contributed by atoms with van der Waals surface area (Å²) in [6.45, 7) is 2.12. The molecule has 0 aromatic carbocycles. The topological polar surface area (TPSA) is 166 Å². The quantitative estimate of drug-likeness (QED) is 0.142. The van der Waals surface area contributed by atoms with Gasteiger partial charge in [-0.25, -0.2) is 4.79 Å². The lowest BCUT2D eigenvalue weighted by molar-refractivity contribution is -0.150. The molecule has 1 aliphatic heterocycles. The first-order chi connectivity index (χ1) is 18.9. The Morgan fingerprint density at radius 3 is 2.15 bits per heavy atom. The highest BCUT2D eigenvalue weighted by Gasteiger charge is 2.46. The molecule has 222 valence electrons. The van der Waals surface area contributed by atoms with Crippen molar-refractivity contribution in [3.63, 3.8) is 0 Å². The van der Waals surface area contributed by atoms with E-state index in [1.165, 1.54) is 70.4 Å². The van der Waals surface area contributed by atoms with E-state index in [1.807, 2.05) is 0 Å². The normalized spacial score (nSPS) is 20.7. The minimum Gasteiger partial charge on any atom is -0.463 e. The molecule has 0 bridgehead atoms. The van der Waals surface area contributed by atoms with E-state index in [9.17, 15) is 24.3 Å². The van der Waals surface area contributed by atoms with Crippen molar-refractivity contribution in [3.8, 4) is 0 Å². The molecule has 0 saturated carbocycles. The van der Waals surface area contributed by atoms with Gasteiger partial charge in [0.25, 0.3) is 5.56 Å². The number of carbonyl (C=O) groups excluding carboxylic acids is 2. The first kappa shape index (κ1) is 32.7. The molecular formula is C28H48N4O7. The van der Waals surface area contributed by atoms with Crippen LogP contribution in [0.15, 0.2) is 21.9 Å². The Morgan fingerprint density at radius 2 is 1.59 bits per heavy atom. The maximum Gasteiger partial charge on any atom is 0.330 e. The number of unbranched alkanes of at least 4 members (excludes halogenated alkanes) is 12. The number of nitrogens with one attached hydrogen (secondary N) is 2. The van der Waals surface area contributed by atoms with Crippen LogP contribution in [0.4, 0.5) is 0 Å². The molecule has 11 nitrogen and oxygen atoms in total. The van der Waals surface area contributed by atoms with Crippen LogP contribution in [0.2, 0.25) is 0 Å². The summed E-state index contributed by atoms with van der Waals surface area (Å²) in [6, 6.07) is 0.135. The van der Waals surface area contributed by atoms with Gasteiger partial charge in [-0.3, -0.25) is 23.9 Å². The van der Waals surface area contributed by atoms with E-state index in [0.29, 0.717) is 0 Å². The Balaban J connectivity index is 1.69. The number of nitrogens with zero attached hydrogens (tertiary/aromatic N) is 1. The summed E-state index contributed by atoms with van der Waals surface area (Å²) in [6.07, 6.45) is 14.0. The summed E-state index contributed by atoms with van der Waals surface area (Å²) in [7, 11) is 0. The molecule has 1 fully saturated rings. The van der Waals surface area contributed by atoms with Gasteiger partial charge in [0, 0.05) is 31.6 Å². The van der Waals surface area contributed by atoms with Gasteiger partial charge < -0.3 is 25.6 Å². The number of aromatic nitrogens is 2. The molecule has 5 N–H and O–H groups in total. The number of hydrogen-bond acceptors (Lipinski definition) is 8. The van der Waals surface area contributed by atoms with Crippen molar-refractivity contribution < 1.29 is 24.2 Å². The fourth-order valence-corrected chi connectivity index (χ4v) is 4.83. The van der Waals surface area contributed by atoms with Gasteiger partial charge >= 0.3 is 11.7 Å². The highest BCUT2D eigenvalue weighted by molar-refractivity contribution is 5.76. The predicted molar refractivity (Wildman–Crippen MR) is 148 cm³/mol. The Morgan fingerprint density at radius 1 is 1.00 bits per heavy atom. The van der Waals surface area contributed by atoms with Crippen LogP contribution in [0, 0.1) is 0 Å². The number of H-pyrrole nitrogens is 1. The van der Waals surface area contributed by atoms with Crippen LogP contribution in [0.5, 0.6) is 0 Å². The third-order valence-corrected chi connectivity index (χ3v) is 7.09. The number of aliphatic hydroxyl groups is 1. The van der Waals surface area contributed by atoms with E-state index in [-0.39, 0.29) is 32.0 Å². The molecular weight excluding hydrogens is 504 g/mol. The maximum absolute atomic E-state index is 12.3. The van der Waals surface area contributed by atoms with Crippen LogP contribution >= 0.6 is 0 Å². The molecule has 1 aromatic rings. The second-order valence-electron chi connectivity index (χ2n) is 10.4. The number of nitrogens with two attached hydrogens (primary N) is 1. The third-order valence-electron chi connectivity index (χ3n) is 7.09. The van der Waals surface area contributed by atoms with Gasteiger partial charge in [-0.2, -0.15) is 0 Å². The second kappa shape index (κ2) is 18.7. The average molecular weight is 553 g/mol. The minimum absolute atomic E-state index is 0.0231. The lowest BCUT2D eigenvalue weighted by Gasteiger charge is -2.22. The molecule has 1 aromatic heterocycles. The molecule has 4 atom stereocenters. The highest BCUT2D eigenvalue weighted by Crippen LogP contribution is 2.29. The molecule has 2 heterocycles. The van der Waals surface area contributed by atoms with Gasteiger partial charge in [-0.05, 0) is 6.42 Å². The van der Waals surface area contributed by atoms with Gasteiger partial charge in [0.05, 0.1) is 0 Å². The number of amides is 1. The Bertz CT molecular complexity index is 964. The maximum atomic E-state index is 12.3. The monoisotopic (exact) mass is 552 g/mol. The Kier molecular flexibility index (Phi) is 15.7. The van der Waals surface area contributed by atoms with Crippen LogP contribution in [0.3, 0.4) is 0 Å². The lowest BCUT2D eigenvalue weighted by atomic mass is 10.0. The molecule has 11 heteroatoms. The largest absolute Gasteiger partial charge is 0.463 e. The fraction of sp³-hybridized carbons (Fsp3) is 0.786. The molecule has 0 aliphatic carbocycles. The van der Waals surface area contributed by atoms with Crippen LogP contribution in [-0.4, -0.2) is 57.9 Å². The van der Waals surface area contributed by atoms with Gasteiger partial charge in [-0.15, -0.1) is 0 Å². The number of esters is 1. The molecule has 39 heavy (non-hydrogen) atoms. The number of ether oxygens (including phenoxy) is 2. The summed E-state index contributed by atoms with van der Waals surface area (Å²) in [5, 5.41) is 13.4. The highest BCUT2D eigenvalue weighted by atomic mass is 16.6. The number of rotatable bonds is 20.